The van der Waals surface area contributed by atoms with Gasteiger partial charge in [-0.25, -0.2) is 8.42 Å². The Morgan fingerprint density at radius 1 is 0.791 bits per heavy atom. The number of sulfonamides is 1. The Kier molecular flexibility index (Phi) is 11.1. The van der Waals surface area contributed by atoms with Crippen LogP contribution in [0.25, 0.3) is 0 Å². The van der Waals surface area contributed by atoms with Crippen LogP contribution in [-0.4, -0.2) is 44.3 Å². The molecule has 2 amide bonds. The third-order valence-electron chi connectivity index (χ3n) is 6.69. The maximum absolute atomic E-state index is 14.3. The average molecular weight is 659 g/mol. The molecule has 0 aliphatic carbocycles. The third kappa shape index (κ3) is 8.30. The zero-order valence-electron chi connectivity index (χ0n) is 23.3. The van der Waals surface area contributed by atoms with E-state index in [1.165, 1.54) is 35.2 Å². The number of anilines is 1. The Morgan fingerprint density at radius 3 is 2.02 bits per heavy atom. The molecule has 0 radical (unpaired) electrons. The normalized spacial score (nSPS) is 11.9. The first-order valence-electron chi connectivity index (χ1n) is 13.5. The monoisotopic (exact) mass is 657 g/mol. The second kappa shape index (κ2) is 14.8. The van der Waals surface area contributed by atoms with Crippen LogP contribution in [0.2, 0.25) is 15.1 Å². The molecule has 43 heavy (non-hydrogen) atoms. The number of benzene rings is 4. The molecule has 11 heteroatoms. The summed E-state index contributed by atoms with van der Waals surface area (Å²) in [4.78, 5) is 29.2. The fourth-order valence-corrected chi connectivity index (χ4v) is 6.37. The first-order chi connectivity index (χ1) is 20.6. The molecule has 0 heterocycles. The molecule has 4 rings (SSSR count). The summed E-state index contributed by atoms with van der Waals surface area (Å²) in [6.45, 7) is 1.57. The predicted molar refractivity (Wildman–Crippen MR) is 172 cm³/mol. The fourth-order valence-electron chi connectivity index (χ4n) is 4.52. The number of amides is 2. The SMILES string of the molecule is CCNC(=O)[C@@H](Cc1ccccc1)N(Cc1ccc(Cl)cc1)C(=O)CN(c1ccc(Cl)c(Cl)c1)S(=O)(=O)c1ccccc1. The lowest BCUT2D eigenvalue weighted by Crippen LogP contribution is -2.53. The van der Waals surface area contributed by atoms with E-state index in [0.29, 0.717) is 17.1 Å². The van der Waals surface area contributed by atoms with Gasteiger partial charge in [-0.1, -0.05) is 95.5 Å². The summed E-state index contributed by atoms with van der Waals surface area (Å²) in [5, 5.41) is 3.71. The minimum absolute atomic E-state index is 0.0114. The molecule has 0 saturated carbocycles. The van der Waals surface area contributed by atoms with Gasteiger partial charge in [-0.05, 0) is 60.5 Å². The molecule has 4 aromatic carbocycles. The van der Waals surface area contributed by atoms with Gasteiger partial charge in [-0.2, -0.15) is 0 Å². The average Bonchev–Trinajstić information content (AvgIpc) is 3.01. The molecule has 0 aliphatic heterocycles. The Hall–Kier alpha value is -3.56. The van der Waals surface area contributed by atoms with E-state index in [-0.39, 0.29) is 39.5 Å². The Balaban J connectivity index is 1.80. The molecule has 7 nitrogen and oxygen atoms in total. The number of hydrogen-bond acceptors (Lipinski definition) is 4. The Morgan fingerprint density at radius 2 is 1.42 bits per heavy atom. The molecular formula is C32H30Cl3N3O4S. The first kappa shape index (κ1) is 32.4. The van der Waals surface area contributed by atoms with Gasteiger partial charge in [0, 0.05) is 24.5 Å². The summed E-state index contributed by atoms with van der Waals surface area (Å²) in [7, 11) is -4.24. The van der Waals surface area contributed by atoms with Crippen LogP contribution in [0, 0.1) is 0 Å². The summed E-state index contributed by atoms with van der Waals surface area (Å²) in [5.41, 5.74) is 1.70. The van der Waals surface area contributed by atoms with Crippen LogP contribution >= 0.6 is 34.8 Å². The summed E-state index contributed by atoms with van der Waals surface area (Å²) >= 11 is 18.5. The molecular weight excluding hydrogens is 629 g/mol. The maximum atomic E-state index is 14.3. The number of nitrogens with one attached hydrogen (secondary N) is 1. The summed E-state index contributed by atoms with van der Waals surface area (Å²) in [5.74, 6) is -0.951. The fraction of sp³-hybridized carbons (Fsp3) is 0.188. The maximum Gasteiger partial charge on any atom is 0.264 e. The van der Waals surface area contributed by atoms with E-state index in [1.54, 1.807) is 49.4 Å². The second-order valence-electron chi connectivity index (χ2n) is 9.67. The van der Waals surface area contributed by atoms with Crippen molar-refractivity contribution in [2.45, 2.75) is 30.8 Å². The van der Waals surface area contributed by atoms with Crippen molar-refractivity contribution in [2.75, 3.05) is 17.4 Å². The van der Waals surface area contributed by atoms with E-state index < -0.39 is 28.5 Å². The van der Waals surface area contributed by atoms with Crippen LogP contribution in [0.15, 0.2) is 108 Å². The molecule has 0 unspecified atom stereocenters. The summed E-state index contributed by atoms with van der Waals surface area (Å²) < 4.78 is 28.9. The number of carbonyl (C=O) groups is 2. The van der Waals surface area contributed by atoms with Gasteiger partial charge in [0.15, 0.2) is 0 Å². The van der Waals surface area contributed by atoms with Crippen molar-refractivity contribution in [3.05, 3.63) is 129 Å². The van der Waals surface area contributed by atoms with Crippen molar-refractivity contribution in [3.63, 3.8) is 0 Å². The van der Waals surface area contributed by atoms with Gasteiger partial charge >= 0.3 is 0 Å². The van der Waals surface area contributed by atoms with Crippen molar-refractivity contribution in [1.29, 1.82) is 0 Å². The Bertz CT molecular complexity index is 1650. The molecule has 0 aromatic heterocycles. The van der Waals surface area contributed by atoms with Gasteiger partial charge in [0.25, 0.3) is 10.0 Å². The lowest BCUT2D eigenvalue weighted by molar-refractivity contribution is -0.140. The molecule has 0 aliphatic rings. The molecule has 224 valence electrons. The van der Waals surface area contributed by atoms with Gasteiger partial charge in [-0.3, -0.25) is 13.9 Å². The van der Waals surface area contributed by atoms with Gasteiger partial charge in [0.1, 0.15) is 12.6 Å². The van der Waals surface area contributed by atoms with Gasteiger partial charge in [0.2, 0.25) is 11.8 Å². The zero-order chi connectivity index (χ0) is 31.0. The molecule has 0 bridgehead atoms. The topological polar surface area (TPSA) is 86.8 Å². The van der Waals surface area contributed by atoms with Crippen molar-refractivity contribution >= 4 is 62.3 Å². The van der Waals surface area contributed by atoms with Crippen LogP contribution in [0.1, 0.15) is 18.1 Å². The smallest absolute Gasteiger partial charge is 0.264 e. The van der Waals surface area contributed by atoms with E-state index in [9.17, 15) is 18.0 Å². The highest BCUT2D eigenvalue weighted by Crippen LogP contribution is 2.31. The third-order valence-corrected chi connectivity index (χ3v) is 9.47. The van der Waals surface area contributed by atoms with Gasteiger partial charge in [0.05, 0.1) is 20.6 Å². The number of hydrogen-bond donors (Lipinski definition) is 1. The van der Waals surface area contributed by atoms with E-state index in [4.69, 9.17) is 34.8 Å². The van der Waals surface area contributed by atoms with Crippen molar-refractivity contribution in [2.24, 2.45) is 0 Å². The van der Waals surface area contributed by atoms with E-state index >= 15 is 0 Å². The number of rotatable bonds is 12. The minimum atomic E-state index is -4.24. The lowest BCUT2D eigenvalue weighted by Gasteiger charge is -2.34. The van der Waals surface area contributed by atoms with Gasteiger partial charge in [-0.15, -0.1) is 0 Å². The van der Waals surface area contributed by atoms with Gasteiger partial charge < -0.3 is 10.2 Å². The number of carbonyl (C=O) groups excluding carboxylic acids is 2. The molecule has 0 saturated heterocycles. The minimum Gasteiger partial charge on any atom is -0.355 e. The van der Waals surface area contributed by atoms with Crippen LogP contribution in [0.4, 0.5) is 5.69 Å². The lowest BCUT2D eigenvalue weighted by atomic mass is 10.0. The molecule has 4 aromatic rings. The highest BCUT2D eigenvalue weighted by Gasteiger charge is 2.34. The largest absolute Gasteiger partial charge is 0.355 e. The molecule has 0 fully saturated rings. The summed E-state index contributed by atoms with van der Waals surface area (Å²) in [6.07, 6.45) is 0.213. The van der Waals surface area contributed by atoms with E-state index in [1.807, 2.05) is 30.3 Å². The number of likely N-dealkylation sites (N-methyl/N-ethyl adjacent to an activating group) is 1. The van der Waals surface area contributed by atoms with Crippen molar-refractivity contribution < 1.29 is 18.0 Å². The molecule has 1 N–H and O–H groups in total. The quantitative estimate of drug-likeness (QED) is 0.185. The summed E-state index contributed by atoms with van der Waals surface area (Å²) in [6, 6.07) is 27.4. The first-order valence-corrected chi connectivity index (χ1v) is 16.1. The zero-order valence-corrected chi connectivity index (χ0v) is 26.4. The highest BCUT2D eigenvalue weighted by molar-refractivity contribution is 7.92. The standard InChI is InChI=1S/C32H30Cl3N3O4S/c1-2-36-32(40)30(19-23-9-5-3-6-10-23)37(21-24-13-15-25(33)16-14-24)31(39)22-38(26-17-18-28(34)29(35)20-26)43(41,42)27-11-7-4-8-12-27/h3-18,20,30H,2,19,21-22H2,1H3,(H,36,40)/t30-/m1/s1. The van der Waals surface area contributed by atoms with Crippen molar-refractivity contribution in [1.82, 2.24) is 10.2 Å². The number of halogens is 3. The van der Waals surface area contributed by atoms with E-state index in [0.717, 1.165) is 9.87 Å². The van der Waals surface area contributed by atoms with Crippen LogP contribution in [0.5, 0.6) is 0 Å². The van der Waals surface area contributed by atoms with Crippen LogP contribution in [0.3, 0.4) is 0 Å². The van der Waals surface area contributed by atoms with Crippen molar-refractivity contribution in [3.8, 4) is 0 Å². The Labute approximate surface area is 267 Å². The van der Waals surface area contributed by atoms with Crippen LogP contribution < -0.4 is 9.62 Å². The number of nitrogens with zero attached hydrogens (tertiary/aromatic N) is 2. The predicted octanol–water partition coefficient (Wildman–Crippen LogP) is 6.62. The molecule has 0 spiro atoms. The van der Waals surface area contributed by atoms with E-state index in [2.05, 4.69) is 5.32 Å². The van der Waals surface area contributed by atoms with Crippen LogP contribution in [-0.2, 0) is 32.6 Å². The second-order valence-corrected chi connectivity index (χ2v) is 12.8. The highest BCUT2D eigenvalue weighted by atomic mass is 35.5. The molecule has 1 atom stereocenters.